The lowest BCUT2D eigenvalue weighted by Crippen LogP contribution is -2.55. The van der Waals surface area contributed by atoms with E-state index in [1.54, 1.807) is 29.9 Å². The number of nitrogens with one attached hydrogen (secondary N) is 1. The third-order valence-electron chi connectivity index (χ3n) is 3.72. The molecule has 10 heteroatoms. The minimum Gasteiger partial charge on any atom is -0.356 e. The van der Waals surface area contributed by atoms with Gasteiger partial charge in [-0.25, -0.2) is 4.99 Å². The Morgan fingerprint density at radius 2 is 2.12 bits per heavy atom. The van der Waals surface area contributed by atoms with Gasteiger partial charge in [0.15, 0.2) is 5.96 Å². The first-order valence-corrected chi connectivity index (χ1v) is 7.94. The minimum atomic E-state index is -0.0780. The fourth-order valence-electron chi connectivity index (χ4n) is 2.38. The molecule has 0 unspecified atom stereocenters. The Balaban J connectivity index is 0.00000312. The summed E-state index contributed by atoms with van der Waals surface area (Å²) in [5.41, 5.74) is 0.798. The Morgan fingerprint density at radius 1 is 1.40 bits per heavy atom. The van der Waals surface area contributed by atoms with E-state index in [1.807, 2.05) is 25.1 Å². The van der Waals surface area contributed by atoms with Gasteiger partial charge in [-0.2, -0.15) is 5.10 Å². The van der Waals surface area contributed by atoms with Crippen LogP contribution in [0.15, 0.2) is 17.4 Å². The molecular weight excluding hydrogens is 437 g/mol. The Labute approximate surface area is 165 Å². The van der Waals surface area contributed by atoms with Crippen LogP contribution in [0.5, 0.6) is 0 Å². The van der Waals surface area contributed by atoms with Crippen LogP contribution < -0.4 is 10.2 Å². The van der Waals surface area contributed by atoms with E-state index in [-0.39, 0.29) is 48.9 Å². The van der Waals surface area contributed by atoms with Gasteiger partial charge < -0.3 is 20.0 Å². The van der Waals surface area contributed by atoms with Crippen LogP contribution in [0.3, 0.4) is 0 Å². The van der Waals surface area contributed by atoms with Gasteiger partial charge in [0.05, 0.1) is 11.9 Å². The van der Waals surface area contributed by atoms with Crippen molar-refractivity contribution in [3.8, 4) is 0 Å². The zero-order chi connectivity index (χ0) is 17.7. The number of rotatable bonds is 4. The monoisotopic (exact) mass is 463 g/mol. The van der Waals surface area contributed by atoms with Crippen LogP contribution in [0.4, 0.5) is 5.69 Å². The first-order chi connectivity index (χ1) is 11.4. The molecular formula is C15H26IN7O2. The number of aryl methyl sites for hydroxylation is 1. The van der Waals surface area contributed by atoms with Crippen LogP contribution in [0.25, 0.3) is 0 Å². The molecule has 1 N–H and O–H groups in total. The highest BCUT2D eigenvalue weighted by Gasteiger charge is 2.27. The van der Waals surface area contributed by atoms with Crippen molar-refractivity contribution in [3.63, 3.8) is 0 Å². The normalized spacial score (nSPS) is 15.0. The standard InChI is InChI=1S/C15H25N7O2.HI/c1-5-16-15(17-9-13(23)19(2)3)21-6-7-22(14(24)11-21)12-8-18-20(4)10-12;/h8,10H,5-7,9,11H2,1-4H3,(H,16,17);1H. The number of likely N-dealkylation sites (N-methyl/N-ethyl adjacent to an activating group) is 1. The number of aromatic nitrogens is 2. The molecule has 1 aromatic heterocycles. The fourth-order valence-corrected chi connectivity index (χ4v) is 2.38. The van der Waals surface area contributed by atoms with E-state index in [4.69, 9.17) is 0 Å². The molecule has 0 bridgehead atoms. The summed E-state index contributed by atoms with van der Waals surface area (Å²) in [5, 5.41) is 7.25. The molecule has 0 spiro atoms. The molecule has 0 atom stereocenters. The maximum absolute atomic E-state index is 12.5. The zero-order valence-corrected chi connectivity index (χ0v) is 17.4. The van der Waals surface area contributed by atoms with E-state index in [0.717, 1.165) is 5.69 Å². The highest BCUT2D eigenvalue weighted by Crippen LogP contribution is 2.16. The minimum absolute atomic E-state index is 0. The summed E-state index contributed by atoms with van der Waals surface area (Å²) in [5.74, 6) is 0.497. The lowest BCUT2D eigenvalue weighted by Gasteiger charge is -2.35. The van der Waals surface area contributed by atoms with Gasteiger partial charge in [-0.15, -0.1) is 24.0 Å². The molecule has 1 fully saturated rings. The molecule has 1 saturated heterocycles. The predicted octanol–water partition coefficient (Wildman–Crippen LogP) is -0.260. The molecule has 0 aliphatic carbocycles. The number of anilines is 1. The van der Waals surface area contributed by atoms with Crippen LogP contribution in [-0.4, -0.2) is 84.2 Å². The number of amides is 2. The number of hydrogen-bond acceptors (Lipinski definition) is 4. The topological polar surface area (TPSA) is 86.1 Å². The molecule has 2 heterocycles. The number of carbonyl (C=O) groups is 2. The molecule has 9 nitrogen and oxygen atoms in total. The number of guanidine groups is 1. The first-order valence-electron chi connectivity index (χ1n) is 7.94. The van der Waals surface area contributed by atoms with Crippen LogP contribution in [0, 0.1) is 0 Å². The van der Waals surface area contributed by atoms with Gasteiger partial charge >= 0.3 is 0 Å². The summed E-state index contributed by atoms with van der Waals surface area (Å²) < 4.78 is 1.67. The van der Waals surface area contributed by atoms with Gasteiger partial charge in [-0.1, -0.05) is 0 Å². The van der Waals surface area contributed by atoms with Crippen molar-refractivity contribution in [2.24, 2.45) is 12.0 Å². The van der Waals surface area contributed by atoms with Crippen molar-refractivity contribution in [2.75, 3.05) is 51.7 Å². The van der Waals surface area contributed by atoms with Crippen molar-refractivity contribution in [3.05, 3.63) is 12.4 Å². The van der Waals surface area contributed by atoms with Gasteiger partial charge in [0.2, 0.25) is 11.8 Å². The fraction of sp³-hybridized carbons (Fsp3) is 0.600. The second kappa shape index (κ2) is 9.59. The molecule has 140 valence electrons. The number of halogens is 1. The van der Waals surface area contributed by atoms with E-state index in [0.29, 0.717) is 25.6 Å². The molecule has 1 aliphatic rings. The average molecular weight is 463 g/mol. The average Bonchev–Trinajstić information content (AvgIpc) is 2.97. The van der Waals surface area contributed by atoms with E-state index in [2.05, 4.69) is 15.4 Å². The number of aliphatic imine (C=N–C) groups is 1. The Bertz CT molecular complexity index is 629. The van der Waals surface area contributed by atoms with Gasteiger partial charge in [-0.3, -0.25) is 14.3 Å². The molecule has 2 rings (SSSR count). The highest BCUT2D eigenvalue weighted by atomic mass is 127. The Kier molecular flexibility index (Phi) is 8.13. The van der Waals surface area contributed by atoms with Crippen LogP contribution in [0.2, 0.25) is 0 Å². The summed E-state index contributed by atoms with van der Waals surface area (Å²) in [6.45, 7) is 4.10. The number of hydrogen-bond donors (Lipinski definition) is 1. The third-order valence-corrected chi connectivity index (χ3v) is 3.72. The second-order valence-corrected chi connectivity index (χ2v) is 5.80. The molecule has 0 radical (unpaired) electrons. The molecule has 0 saturated carbocycles. The van der Waals surface area contributed by atoms with Gasteiger partial charge in [0.25, 0.3) is 0 Å². The summed E-state index contributed by atoms with van der Waals surface area (Å²) in [6.07, 6.45) is 3.51. The Hall–Kier alpha value is -1.85. The summed E-state index contributed by atoms with van der Waals surface area (Å²) >= 11 is 0. The summed E-state index contributed by atoms with van der Waals surface area (Å²) in [4.78, 5) is 33.6. The van der Waals surface area contributed by atoms with Gasteiger partial charge in [-0.05, 0) is 6.92 Å². The van der Waals surface area contributed by atoms with Crippen molar-refractivity contribution in [2.45, 2.75) is 6.92 Å². The first kappa shape index (κ1) is 21.2. The second-order valence-electron chi connectivity index (χ2n) is 5.80. The summed E-state index contributed by atoms with van der Waals surface area (Å²) in [6, 6.07) is 0. The lowest BCUT2D eigenvalue weighted by atomic mass is 10.3. The smallest absolute Gasteiger partial charge is 0.246 e. The largest absolute Gasteiger partial charge is 0.356 e. The number of carbonyl (C=O) groups excluding carboxylic acids is 2. The van der Waals surface area contributed by atoms with Crippen molar-refractivity contribution < 1.29 is 9.59 Å². The van der Waals surface area contributed by atoms with Crippen molar-refractivity contribution in [1.82, 2.24) is 24.9 Å². The molecule has 1 aromatic rings. The molecule has 2 amide bonds. The number of piperazine rings is 1. The zero-order valence-electron chi connectivity index (χ0n) is 15.1. The van der Waals surface area contributed by atoms with E-state index in [1.165, 1.54) is 4.90 Å². The van der Waals surface area contributed by atoms with E-state index < -0.39 is 0 Å². The molecule has 1 aliphatic heterocycles. The maximum atomic E-state index is 12.5. The quantitative estimate of drug-likeness (QED) is 0.378. The highest BCUT2D eigenvalue weighted by molar-refractivity contribution is 14.0. The molecule has 0 aromatic carbocycles. The lowest BCUT2D eigenvalue weighted by molar-refractivity contribution is -0.127. The third kappa shape index (κ3) is 5.58. The summed E-state index contributed by atoms with van der Waals surface area (Å²) in [7, 11) is 5.21. The molecule has 25 heavy (non-hydrogen) atoms. The maximum Gasteiger partial charge on any atom is 0.246 e. The Morgan fingerprint density at radius 3 is 2.64 bits per heavy atom. The van der Waals surface area contributed by atoms with Crippen molar-refractivity contribution in [1.29, 1.82) is 0 Å². The van der Waals surface area contributed by atoms with E-state index >= 15 is 0 Å². The van der Waals surface area contributed by atoms with Gasteiger partial charge in [0, 0.05) is 47.0 Å². The SMILES string of the molecule is CCNC(=NCC(=O)N(C)C)N1CCN(c2cnn(C)c2)C(=O)C1.I. The number of nitrogens with zero attached hydrogens (tertiary/aromatic N) is 6. The van der Waals surface area contributed by atoms with Crippen LogP contribution in [0.1, 0.15) is 6.92 Å². The van der Waals surface area contributed by atoms with E-state index in [9.17, 15) is 9.59 Å². The van der Waals surface area contributed by atoms with Crippen molar-refractivity contribution >= 4 is 47.4 Å². The van der Waals surface area contributed by atoms with Crippen LogP contribution >= 0.6 is 24.0 Å². The predicted molar refractivity (Wildman–Crippen MR) is 107 cm³/mol. The van der Waals surface area contributed by atoms with Gasteiger partial charge in [0.1, 0.15) is 13.1 Å². The van der Waals surface area contributed by atoms with Crippen LogP contribution in [-0.2, 0) is 16.6 Å².